The summed E-state index contributed by atoms with van der Waals surface area (Å²) in [7, 11) is 0. The predicted octanol–water partition coefficient (Wildman–Crippen LogP) is 1.74. The van der Waals surface area contributed by atoms with Gasteiger partial charge in [0.2, 0.25) is 0 Å². The highest BCUT2D eigenvalue weighted by Gasteiger charge is 2.13. The smallest absolute Gasteiger partial charge is 0.407 e. The van der Waals surface area contributed by atoms with E-state index in [1.54, 1.807) is 6.07 Å². The number of aromatic nitrogens is 2. The molecule has 28 heavy (non-hydrogen) atoms. The van der Waals surface area contributed by atoms with Crippen molar-refractivity contribution in [2.24, 2.45) is 10.7 Å². The molecule has 5 N–H and O–H groups in total. The number of imidazole rings is 1. The summed E-state index contributed by atoms with van der Waals surface area (Å²) < 4.78 is 4.99. The molecule has 3 rings (SSSR count). The van der Waals surface area contributed by atoms with Crippen molar-refractivity contribution in [3.63, 3.8) is 0 Å². The molecule has 0 bridgehead atoms. The van der Waals surface area contributed by atoms with Crippen molar-refractivity contribution >= 4 is 34.6 Å². The predicted molar refractivity (Wildman–Crippen MR) is 104 cm³/mol. The average Bonchev–Trinajstić information content (AvgIpc) is 3.15. The minimum absolute atomic E-state index is 0.0863. The summed E-state index contributed by atoms with van der Waals surface area (Å²) in [5.74, 6) is -0.816. The Bertz CT molecular complexity index is 1010. The zero-order valence-electron chi connectivity index (χ0n) is 14.8. The number of carbonyl (C=O) groups excluding carboxylic acids is 2. The lowest BCUT2D eigenvalue weighted by Crippen LogP contribution is -2.32. The van der Waals surface area contributed by atoms with E-state index >= 15 is 0 Å². The van der Waals surface area contributed by atoms with Crippen LogP contribution in [0.4, 0.5) is 4.79 Å². The molecule has 2 amide bonds. The number of carbonyl (C=O) groups is 2. The van der Waals surface area contributed by atoms with Crippen LogP contribution in [0.5, 0.6) is 0 Å². The number of aliphatic imine (C=N–C) groups is 1. The van der Waals surface area contributed by atoms with Gasteiger partial charge in [-0.1, -0.05) is 42.5 Å². The second-order valence-electron chi connectivity index (χ2n) is 5.78. The van der Waals surface area contributed by atoms with E-state index in [0.717, 1.165) is 11.1 Å². The molecule has 0 aliphatic rings. The number of H-pyrrole nitrogens is 1. The van der Waals surface area contributed by atoms with Crippen LogP contribution in [0.3, 0.4) is 0 Å². The van der Waals surface area contributed by atoms with Crippen LogP contribution < -0.4 is 11.1 Å². The largest absolute Gasteiger partial charge is 0.445 e. The Labute approximate surface area is 160 Å². The van der Waals surface area contributed by atoms with E-state index in [9.17, 15) is 9.59 Å². The number of nitrogens with two attached hydrogens (primary N) is 1. The first-order chi connectivity index (χ1) is 13.5. The molecule has 0 atom stereocenters. The maximum absolute atomic E-state index is 11.9. The molecule has 0 saturated carbocycles. The van der Waals surface area contributed by atoms with Crippen LogP contribution in [0.1, 0.15) is 11.4 Å². The first-order valence-corrected chi connectivity index (χ1v) is 8.38. The number of aromatic amines is 1. The topological polar surface area (TPSA) is 146 Å². The monoisotopic (exact) mass is 378 g/mol. The maximum atomic E-state index is 11.9. The minimum atomic E-state index is -0.752. The molecule has 0 saturated heterocycles. The Kier molecular flexibility index (Phi) is 5.75. The van der Waals surface area contributed by atoms with Gasteiger partial charge in [0.1, 0.15) is 18.9 Å². The number of hydrogen-bond donors (Lipinski definition) is 4. The molecule has 3 aromatic rings. The number of nitrogens with zero attached hydrogens (tertiary/aromatic N) is 2. The fourth-order valence-electron chi connectivity index (χ4n) is 2.34. The molecule has 2 aromatic carbocycles. The van der Waals surface area contributed by atoms with Gasteiger partial charge in [-0.25, -0.2) is 9.78 Å². The number of benzene rings is 2. The van der Waals surface area contributed by atoms with Crippen molar-refractivity contribution < 1.29 is 14.3 Å². The van der Waals surface area contributed by atoms with E-state index in [1.165, 1.54) is 0 Å². The number of fused-ring (bicyclic) bond motifs is 1. The molecule has 0 unspecified atom stereocenters. The van der Waals surface area contributed by atoms with E-state index in [2.05, 4.69) is 20.3 Å². The molecule has 142 valence electrons. The van der Waals surface area contributed by atoms with E-state index < -0.39 is 18.5 Å². The van der Waals surface area contributed by atoms with Crippen LogP contribution in [0.2, 0.25) is 0 Å². The molecule has 9 nitrogen and oxygen atoms in total. The quantitative estimate of drug-likeness (QED) is 0.381. The van der Waals surface area contributed by atoms with Crippen molar-refractivity contribution in [1.29, 1.82) is 5.41 Å². The minimum Gasteiger partial charge on any atom is -0.445 e. The van der Waals surface area contributed by atoms with Gasteiger partial charge < -0.3 is 20.8 Å². The molecule has 1 heterocycles. The number of alkyl carbamates (subject to hydrolysis) is 1. The number of hydrogen-bond acceptors (Lipinski definition) is 5. The molecule has 0 spiro atoms. The van der Waals surface area contributed by atoms with Gasteiger partial charge in [-0.2, -0.15) is 4.99 Å². The molecule has 1 aromatic heterocycles. The van der Waals surface area contributed by atoms with Crippen LogP contribution in [-0.4, -0.2) is 40.1 Å². The van der Waals surface area contributed by atoms with Crippen molar-refractivity contribution in [3.05, 3.63) is 66.0 Å². The molecule has 0 aliphatic heterocycles. The highest BCUT2D eigenvalue weighted by atomic mass is 16.5. The van der Waals surface area contributed by atoms with Crippen LogP contribution >= 0.6 is 0 Å². The fraction of sp³-hybridized carbons (Fsp3) is 0.105. The molecule has 9 heteroatoms. The maximum Gasteiger partial charge on any atom is 0.407 e. The Hall–Kier alpha value is -4.01. The van der Waals surface area contributed by atoms with E-state index in [0.29, 0.717) is 5.52 Å². The summed E-state index contributed by atoms with van der Waals surface area (Å²) in [6.07, 6.45) is -0.752. The van der Waals surface area contributed by atoms with Crippen molar-refractivity contribution in [2.75, 3.05) is 6.54 Å². The van der Waals surface area contributed by atoms with Gasteiger partial charge >= 0.3 is 6.09 Å². The third-order valence-corrected chi connectivity index (χ3v) is 3.72. The second kappa shape index (κ2) is 8.58. The number of ether oxygens (including phenoxy) is 1. The molecule has 0 aliphatic carbocycles. The second-order valence-corrected chi connectivity index (χ2v) is 5.78. The van der Waals surface area contributed by atoms with Gasteiger partial charge in [0, 0.05) is 0 Å². The first kappa shape index (κ1) is 18.8. The summed E-state index contributed by atoms with van der Waals surface area (Å²) in [4.78, 5) is 34.3. The fourth-order valence-corrected chi connectivity index (χ4v) is 2.34. The van der Waals surface area contributed by atoms with E-state index in [-0.39, 0.29) is 24.0 Å². The Morgan fingerprint density at radius 3 is 2.61 bits per heavy atom. The van der Waals surface area contributed by atoms with E-state index in [1.807, 2.05) is 48.5 Å². The molecular formula is C19H18N6O3. The highest BCUT2D eigenvalue weighted by Crippen LogP contribution is 2.10. The number of para-hydroxylation sites is 2. The van der Waals surface area contributed by atoms with Gasteiger partial charge in [0.25, 0.3) is 5.91 Å². The Morgan fingerprint density at radius 2 is 1.86 bits per heavy atom. The Morgan fingerprint density at radius 1 is 1.14 bits per heavy atom. The van der Waals surface area contributed by atoms with Gasteiger partial charge in [-0.15, -0.1) is 0 Å². The van der Waals surface area contributed by atoms with Crippen molar-refractivity contribution in [1.82, 2.24) is 15.3 Å². The summed E-state index contributed by atoms with van der Waals surface area (Å²) in [5, 5.41) is 10.3. The number of rotatable bonds is 6. The van der Waals surface area contributed by atoms with Crippen molar-refractivity contribution in [3.8, 4) is 0 Å². The van der Waals surface area contributed by atoms with Crippen molar-refractivity contribution in [2.45, 2.75) is 6.61 Å². The van der Waals surface area contributed by atoms with Crippen LogP contribution in [-0.2, 0) is 16.1 Å². The third kappa shape index (κ3) is 4.79. The van der Waals surface area contributed by atoms with Gasteiger partial charge in [0.05, 0.1) is 11.0 Å². The average molecular weight is 378 g/mol. The van der Waals surface area contributed by atoms with Crippen LogP contribution in [0.25, 0.3) is 11.0 Å². The SMILES string of the molecule is N=C(C(N)=NC(=O)CNC(=O)OCc1ccccc1)c1nc2ccccc2[nH]1. The van der Waals surface area contributed by atoms with E-state index in [4.69, 9.17) is 15.9 Å². The number of amides is 2. The summed E-state index contributed by atoms with van der Waals surface area (Å²) >= 11 is 0. The molecular weight excluding hydrogens is 360 g/mol. The lowest BCUT2D eigenvalue weighted by Gasteiger charge is -2.05. The zero-order valence-corrected chi connectivity index (χ0v) is 14.8. The lowest BCUT2D eigenvalue weighted by atomic mass is 10.2. The van der Waals surface area contributed by atoms with Gasteiger partial charge in [-0.05, 0) is 17.7 Å². The number of amidine groups is 1. The third-order valence-electron chi connectivity index (χ3n) is 3.72. The molecule has 0 fully saturated rings. The first-order valence-electron chi connectivity index (χ1n) is 8.38. The summed E-state index contributed by atoms with van der Waals surface area (Å²) in [5.41, 5.74) is 7.74. The normalized spacial score (nSPS) is 11.2. The number of nitrogens with one attached hydrogen (secondary N) is 3. The zero-order chi connectivity index (χ0) is 19.9. The van der Waals surface area contributed by atoms with Crippen LogP contribution in [0, 0.1) is 5.41 Å². The molecule has 0 radical (unpaired) electrons. The van der Waals surface area contributed by atoms with Crippen LogP contribution in [0.15, 0.2) is 59.6 Å². The summed E-state index contributed by atoms with van der Waals surface area (Å²) in [6, 6.07) is 16.4. The highest BCUT2D eigenvalue weighted by molar-refractivity contribution is 6.46. The lowest BCUT2D eigenvalue weighted by molar-refractivity contribution is -0.116. The Balaban J connectivity index is 1.51. The van der Waals surface area contributed by atoms with Gasteiger partial charge in [-0.3, -0.25) is 10.2 Å². The van der Waals surface area contributed by atoms with Gasteiger partial charge in [0.15, 0.2) is 11.7 Å². The summed E-state index contributed by atoms with van der Waals surface area (Å²) in [6.45, 7) is -0.315. The standard InChI is InChI=1S/C19H18N6O3/c20-16(18-23-13-8-4-5-9-14(13)24-18)17(21)25-15(26)10-22-19(27)28-11-12-6-2-1-3-7-12/h1-9,20H,10-11H2,(H,22,27)(H,23,24)(H2,21,25,26).